The molecule has 2 rings (SSSR count). The van der Waals surface area contributed by atoms with Crippen molar-refractivity contribution in [3.63, 3.8) is 0 Å². The van der Waals surface area contributed by atoms with Gasteiger partial charge in [0.2, 0.25) is 0 Å². The first-order valence-corrected chi connectivity index (χ1v) is 10.5. The van der Waals surface area contributed by atoms with Gasteiger partial charge in [-0.15, -0.1) is 5.10 Å². The van der Waals surface area contributed by atoms with Crippen molar-refractivity contribution in [1.29, 1.82) is 0 Å². The molecule has 0 unspecified atom stereocenters. The summed E-state index contributed by atoms with van der Waals surface area (Å²) in [6, 6.07) is 1.06. The minimum absolute atomic E-state index is 0.0878. The summed E-state index contributed by atoms with van der Waals surface area (Å²) in [5.41, 5.74) is -0.0919. The molecule has 0 atom stereocenters. The van der Waals surface area contributed by atoms with Gasteiger partial charge in [-0.25, -0.2) is 4.68 Å². The molecule has 20 heavy (non-hydrogen) atoms. The second-order valence-electron chi connectivity index (χ2n) is 6.28. The fraction of sp³-hybridized carbons (Fsp3) is 0.750. The largest absolute Gasteiger partial charge is 0.468 e. The van der Waals surface area contributed by atoms with Gasteiger partial charge < -0.3 is 9.47 Å². The third-order valence-corrected chi connectivity index (χ3v) is 4.63. The van der Waals surface area contributed by atoms with E-state index in [2.05, 4.69) is 24.7 Å². The van der Waals surface area contributed by atoms with Crippen LogP contribution in [0.2, 0.25) is 25.7 Å². The SMILES string of the molecule is C[Si](C)(C)CCOCn1cc([N+](=O)[O-])c(OC2CC2)n1. The van der Waals surface area contributed by atoms with E-state index in [0.717, 1.165) is 18.9 Å². The van der Waals surface area contributed by atoms with Crippen LogP contribution in [0.25, 0.3) is 0 Å². The molecule has 0 radical (unpaired) electrons. The molecule has 0 aromatic carbocycles. The van der Waals surface area contributed by atoms with Gasteiger partial charge in [0, 0.05) is 14.7 Å². The lowest BCUT2D eigenvalue weighted by Crippen LogP contribution is -2.22. The zero-order valence-corrected chi connectivity index (χ0v) is 13.2. The van der Waals surface area contributed by atoms with Crippen molar-refractivity contribution in [3.05, 3.63) is 16.3 Å². The molecule has 1 aliphatic rings. The minimum atomic E-state index is -1.12. The van der Waals surface area contributed by atoms with E-state index in [1.807, 2.05) is 0 Å². The van der Waals surface area contributed by atoms with E-state index in [4.69, 9.17) is 9.47 Å². The zero-order valence-electron chi connectivity index (χ0n) is 12.2. The Hall–Kier alpha value is -1.41. The van der Waals surface area contributed by atoms with Crippen LogP contribution in [0.15, 0.2) is 6.20 Å². The number of nitrogens with zero attached hydrogens (tertiary/aromatic N) is 3. The Morgan fingerprint density at radius 1 is 1.50 bits per heavy atom. The molecule has 7 nitrogen and oxygen atoms in total. The second-order valence-corrected chi connectivity index (χ2v) is 11.9. The third-order valence-electron chi connectivity index (χ3n) is 2.93. The summed E-state index contributed by atoms with van der Waals surface area (Å²) in [4.78, 5) is 10.5. The Kier molecular flexibility index (Phi) is 4.44. The van der Waals surface area contributed by atoms with E-state index in [1.54, 1.807) is 0 Å². The zero-order chi connectivity index (χ0) is 14.8. The normalized spacial score (nSPS) is 15.3. The minimum Gasteiger partial charge on any atom is -0.468 e. The monoisotopic (exact) mass is 299 g/mol. The quantitative estimate of drug-likeness (QED) is 0.319. The van der Waals surface area contributed by atoms with E-state index in [1.165, 1.54) is 10.9 Å². The standard InChI is InChI=1S/C12H21N3O4Si/c1-20(2,3)7-6-18-9-14-8-11(15(16)17)12(13-14)19-10-4-5-10/h8,10H,4-7,9H2,1-3H3. The Balaban J connectivity index is 1.89. The fourth-order valence-corrected chi connectivity index (χ4v) is 2.31. The van der Waals surface area contributed by atoms with Gasteiger partial charge in [-0.3, -0.25) is 10.1 Å². The number of hydrogen-bond donors (Lipinski definition) is 0. The molecule has 1 fully saturated rings. The van der Waals surface area contributed by atoms with Crippen LogP contribution in [-0.4, -0.2) is 35.5 Å². The molecule has 112 valence electrons. The van der Waals surface area contributed by atoms with Crippen LogP contribution in [0.4, 0.5) is 5.69 Å². The highest BCUT2D eigenvalue weighted by molar-refractivity contribution is 6.76. The van der Waals surface area contributed by atoms with Crippen LogP contribution >= 0.6 is 0 Å². The molecule has 8 heteroatoms. The van der Waals surface area contributed by atoms with Crippen molar-refractivity contribution in [2.75, 3.05) is 6.61 Å². The van der Waals surface area contributed by atoms with Gasteiger partial charge in [-0.2, -0.15) is 0 Å². The number of rotatable bonds is 8. The molecule has 1 aromatic rings. The Morgan fingerprint density at radius 3 is 2.75 bits per heavy atom. The first kappa shape index (κ1) is 15.0. The van der Waals surface area contributed by atoms with Gasteiger partial charge in [0.15, 0.2) is 0 Å². The molecule has 0 amide bonds. The molecule has 1 saturated carbocycles. The van der Waals surface area contributed by atoms with Gasteiger partial charge in [0.25, 0.3) is 0 Å². The maximum absolute atomic E-state index is 10.9. The molecule has 0 aliphatic heterocycles. The second kappa shape index (κ2) is 5.92. The summed E-state index contributed by atoms with van der Waals surface area (Å²) in [5, 5.41) is 15.0. The smallest absolute Gasteiger partial charge is 0.350 e. The Labute approximate surface area is 119 Å². The molecular formula is C12H21N3O4Si. The average Bonchev–Trinajstić information content (AvgIpc) is 3.03. The molecule has 0 spiro atoms. The highest BCUT2D eigenvalue weighted by Crippen LogP contribution is 2.31. The van der Waals surface area contributed by atoms with Gasteiger partial charge in [-0.05, 0) is 18.9 Å². The van der Waals surface area contributed by atoms with Gasteiger partial charge in [-0.1, -0.05) is 19.6 Å². The van der Waals surface area contributed by atoms with Crippen molar-refractivity contribution in [2.45, 2.75) is 51.4 Å². The van der Waals surface area contributed by atoms with Crippen molar-refractivity contribution >= 4 is 13.8 Å². The topological polar surface area (TPSA) is 79.4 Å². The fourth-order valence-electron chi connectivity index (χ4n) is 1.55. The lowest BCUT2D eigenvalue weighted by molar-refractivity contribution is -0.386. The van der Waals surface area contributed by atoms with Crippen molar-refractivity contribution in [1.82, 2.24) is 9.78 Å². The molecule has 0 bridgehead atoms. The van der Waals surface area contributed by atoms with Crippen LogP contribution in [0.5, 0.6) is 5.88 Å². The van der Waals surface area contributed by atoms with Crippen LogP contribution < -0.4 is 4.74 Å². The summed E-state index contributed by atoms with van der Waals surface area (Å²) in [6.07, 6.45) is 3.34. The van der Waals surface area contributed by atoms with Crippen LogP contribution in [-0.2, 0) is 11.5 Å². The highest BCUT2D eigenvalue weighted by Gasteiger charge is 2.30. The third kappa shape index (κ3) is 4.60. The summed E-state index contributed by atoms with van der Waals surface area (Å²) in [7, 11) is -1.12. The first-order valence-electron chi connectivity index (χ1n) is 6.81. The molecule has 1 heterocycles. The number of ether oxygens (including phenoxy) is 2. The highest BCUT2D eigenvalue weighted by atomic mass is 28.3. The predicted molar refractivity (Wildman–Crippen MR) is 76.6 cm³/mol. The average molecular weight is 299 g/mol. The van der Waals surface area contributed by atoms with Crippen molar-refractivity contribution in [2.24, 2.45) is 0 Å². The lowest BCUT2D eigenvalue weighted by Gasteiger charge is -2.15. The maximum Gasteiger partial charge on any atom is 0.350 e. The Bertz CT molecular complexity index is 480. The van der Waals surface area contributed by atoms with Crippen molar-refractivity contribution < 1.29 is 14.4 Å². The van der Waals surface area contributed by atoms with Crippen LogP contribution in [0, 0.1) is 10.1 Å². The summed E-state index contributed by atoms with van der Waals surface area (Å²) >= 11 is 0. The molecule has 1 aromatic heterocycles. The van der Waals surface area contributed by atoms with E-state index >= 15 is 0 Å². The lowest BCUT2D eigenvalue weighted by atomic mass is 10.5. The van der Waals surface area contributed by atoms with Crippen LogP contribution in [0.3, 0.4) is 0 Å². The van der Waals surface area contributed by atoms with E-state index in [0.29, 0.717) is 6.61 Å². The summed E-state index contributed by atoms with van der Waals surface area (Å²) in [5.74, 6) is 0.103. The molecule has 0 N–H and O–H groups in total. The maximum atomic E-state index is 10.9. The van der Waals surface area contributed by atoms with Crippen LogP contribution in [0.1, 0.15) is 12.8 Å². The van der Waals surface area contributed by atoms with Crippen molar-refractivity contribution in [3.8, 4) is 5.88 Å². The van der Waals surface area contributed by atoms with E-state index in [-0.39, 0.29) is 24.4 Å². The number of nitro groups is 1. The summed E-state index contributed by atoms with van der Waals surface area (Å²) in [6.45, 7) is 7.70. The van der Waals surface area contributed by atoms with Gasteiger partial charge in [0.1, 0.15) is 19.0 Å². The Morgan fingerprint density at radius 2 is 2.20 bits per heavy atom. The summed E-state index contributed by atoms with van der Waals surface area (Å²) < 4.78 is 12.4. The number of hydrogen-bond acceptors (Lipinski definition) is 5. The van der Waals surface area contributed by atoms with Gasteiger partial charge in [0.05, 0.1) is 4.92 Å². The van der Waals surface area contributed by atoms with Gasteiger partial charge >= 0.3 is 11.6 Å². The predicted octanol–water partition coefficient (Wildman–Crippen LogP) is 2.64. The molecule has 0 saturated heterocycles. The van der Waals surface area contributed by atoms with E-state index < -0.39 is 13.0 Å². The molecular weight excluding hydrogens is 278 g/mol. The van der Waals surface area contributed by atoms with E-state index in [9.17, 15) is 10.1 Å². The molecule has 1 aliphatic carbocycles. The first-order chi connectivity index (χ1) is 9.35. The number of aromatic nitrogens is 2.